The molecule has 11 heteroatoms. The fourth-order valence-electron chi connectivity index (χ4n) is 4.17. The number of alkyl halides is 3. The van der Waals surface area contributed by atoms with Gasteiger partial charge in [0.2, 0.25) is 0 Å². The van der Waals surface area contributed by atoms with E-state index in [4.69, 9.17) is 4.74 Å². The third-order valence-electron chi connectivity index (χ3n) is 5.47. The summed E-state index contributed by atoms with van der Waals surface area (Å²) in [5, 5.41) is 8.71. The number of halogens is 3. The van der Waals surface area contributed by atoms with Crippen LogP contribution in [0, 0.1) is 0 Å². The molecule has 0 fully saturated rings. The quantitative estimate of drug-likeness (QED) is 0.501. The standard InChI is InChI=1S/C22H26F3N3O3S2/c1-21(2,3)31-19(29)16-12-5-4-6-14(12)33-18(16)28-20(30)27-9-13-11-7-8-26-10-15(11)32-17(13)22(23,24)25/h26H,4-10H2,1-3H3,(H2,27,28,30). The first-order valence-corrected chi connectivity index (χ1v) is 12.4. The highest BCUT2D eigenvalue weighted by molar-refractivity contribution is 7.17. The molecule has 6 nitrogen and oxygen atoms in total. The molecule has 0 saturated heterocycles. The second kappa shape index (κ2) is 8.92. The third-order valence-corrected chi connectivity index (χ3v) is 8.00. The molecular formula is C22H26F3N3O3S2. The number of thiophene rings is 2. The number of carbonyl (C=O) groups excluding carboxylic acids is 2. The Balaban J connectivity index is 1.52. The van der Waals surface area contributed by atoms with Gasteiger partial charge in [-0.15, -0.1) is 22.7 Å². The summed E-state index contributed by atoms with van der Waals surface area (Å²) < 4.78 is 46.3. The maximum atomic E-state index is 13.6. The zero-order chi connectivity index (χ0) is 24.0. The zero-order valence-corrected chi connectivity index (χ0v) is 20.3. The molecule has 2 aliphatic rings. The molecular weight excluding hydrogens is 475 g/mol. The predicted molar refractivity (Wildman–Crippen MR) is 122 cm³/mol. The molecule has 2 aromatic heterocycles. The van der Waals surface area contributed by atoms with Crippen molar-refractivity contribution in [3.63, 3.8) is 0 Å². The van der Waals surface area contributed by atoms with Crippen LogP contribution >= 0.6 is 22.7 Å². The molecule has 4 rings (SSSR count). The molecule has 0 atom stereocenters. The average Bonchev–Trinajstić information content (AvgIpc) is 3.36. The van der Waals surface area contributed by atoms with Crippen LogP contribution in [0.1, 0.15) is 68.9 Å². The first kappa shape index (κ1) is 24.0. The summed E-state index contributed by atoms with van der Waals surface area (Å²) in [5.41, 5.74) is 1.34. The van der Waals surface area contributed by atoms with Crippen molar-refractivity contribution in [2.75, 3.05) is 11.9 Å². The Morgan fingerprint density at radius 1 is 1.06 bits per heavy atom. The van der Waals surface area contributed by atoms with E-state index in [0.29, 0.717) is 40.5 Å². The van der Waals surface area contributed by atoms with Gasteiger partial charge in [0.05, 0.1) is 5.56 Å². The summed E-state index contributed by atoms with van der Waals surface area (Å²) in [5.74, 6) is -0.504. The van der Waals surface area contributed by atoms with Crippen LogP contribution in [0.25, 0.3) is 0 Å². The highest BCUT2D eigenvalue weighted by Gasteiger charge is 2.38. The van der Waals surface area contributed by atoms with Crippen molar-refractivity contribution in [3.8, 4) is 0 Å². The number of nitrogens with one attached hydrogen (secondary N) is 3. The van der Waals surface area contributed by atoms with Gasteiger partial charge in [-0.1, -0.05) is 0 Å². The second-order valence-electron chi connectivity index (χ2n) is 9.11. The van der Waals surface area contributed by atoms with Crippen molar-refractivity contribution in [2.24, 2.45) is 0 Å². The van der Waals surface area contributed by atoms with E-state index in [9.17, 15) is 22.8 Å². The summed E-state index contributed by atoms with van der Waals surface area (Å²) in [6, 6.07) is -0.651. The molecule has 180 valence electrons. The van der Waals surface area contributed by atoms with Crippen LogP contribution in [0.3, 0.4) is 0 Å². The zero-order valence-electron chi connectivity index (χ0n) is 18.6. The number of hydrogen-bond donors (Lipinski definition) is 3. The number of hydrogen-bond acceptors (Lipinski definition) is 6. The molecule has 0 saturated carbocycles. The third kappa shape index (κ3) is 5.20. The van der Waals surface area contributed by atoms with Gasteiger partial charge in [0.1, 0.15) is 15.5 Å². The Bertz CT molecular complexity index is 1080. The monoisotopic (exact) mass is 501 g/mol. The van der Waals surface area contributed by atoms with Crippen molar-refractivity contribution in [1.82, 2.24) is 10.6 Å². The molecule has 2 aromatic rings. The molecule has 3 N–H and O–H groups in total. The van der Waals surface area contributed by atoms with Crippen LogP contribution in [-0.2, 0) is 43.3 Å². The van der Waals surface area contributed by atoms with Gasteiger partial charge in [-0.3, -0.25) is 5.32 Å². The van der Waals surface area contributed by atoms with Crippen LogP contribution in [0.2, 0.25) is 0 Å². The van der Waals surface area contributed by atoms with Crippen molar-refractivity contribution in [2.45, 2.75) is 71.3 Å². The average molecular weight is 502 g/mol. The second-order valence-corrected chi connectivity index (χ2v) is 11.3. The van der Waals surface area contributed by atoms with E-state index in [1.165, 1.54) is 11.3 Å². The lowest BCUT2D eigenvalue weighted by Gasteiger charge is -2.20. The van der Waals surface area contributed by atoms with E-state index >= 15 is 0 Å². The summed E-state index contributed by atoms with van der Waals surface area (Å²) in [6.45, 7) is 6.07. The number of urea groups is 1. The van der Waals surface area contributed by atoms with Crippen molar-refractivity contribution in [3.05, 3.63) is 36.9 Å². The molecule has 0 unspecified atom stereocenters. The van der Waals surface area contributed by atoms with E-state index in [-0.39, 0.29) is 12.1 Å². The van der Waals surface area contributed by atoms with E-state index in [1.807, 2.05) is 0 Å². The number of esters is 1. The Kier molecular flexibility index (Phi) is 6.49. The minimum Gasteiger partial charge on any atom is -0.456 e. The van der Waals surface area contributed by atoms with Crippen LogP contribution in [0.4, 0.5) is 23.0 Å². The SMILES string of the molecule is CC(C)(C)OC(=O)c1c(NC(=O)NCc2c(C(F)(F)F)sc3c2CCNC3)sc2c1CCC2. The minimum absolute atomic E-state index is 0.125. The number of anilines is 1. The number of carbonyl (C=O) groups is 2. The Labute approximate surface area is 197 Å². The van der Waals surface area contributed by atoms with Gasteiger partial charge < -0.3 is 15.4 Å². The topological polar surface area (TPSA) is 79.5 Å². The number of amides is 2. The van der Waals surface area contributed by atoms with Gasteiger partial charge in [-0.05, 0) is 69.7 Å². The molecule has 1 aliphatic heterocycles. The maximum Gasteiger partial charge on any atom is 0.425 e. The van der Waals surface area contributed by atoms with Crippen molar-refractivity contribution in [1.29, 1.82) is 0 Å². The van der Waals surface area contributed by atoms with Crippen LogP contribution in [-0.4, -0.2) is 24.1 Å². The molecule has 2 amide bonds. The fourth-order valence-corrected chi connectivity index (χ4v) is 6.65. The highest BCUT2D eigenvalue weighted by Crippen LogP contribution is 2.42. The van der Waals surface area contributed by atoms with Gasteiger partial charge in [0.15, 0.2) is 0 Å². The normalized spacial score (nSPS) is 15.7. The van der Waals surface area contributed by atoms with E-state index < -0.39 is 28.7 Å². The molecule has 0 bridgehead atoms. The van der Waals surface area contributed by atoms with E-state index in [1.54, 1.807) is 20.8 Å². The van der Waals surface area contributed by atoms with E-state index in [2.05, 4.69) is 16.0 Å². The molecule has 1 aliphatic carbocycles. The minimum atomic E-state index is -4.48. The van der Waals surface area contributed by atoms with Gasteiger partial charge in [-0.2, -0.15) is 13.2 Å². The van der Waals surface area contributed by atoms with Crippen LogP contribution in [0.15, 0.2) is 0 Å². The summed E-state index contributed by atoms with van der Waals surface area (Å²) in [4.78, 5) is 26.5. The van der Waals surface area contributed by atoms with Crippen molar-refractivity contribution >= 4 is 39.7 Å². The fraction of sp³-hybridized carbons (Fsp3) is 0.545. The Morgan fingerprint density at radius 3 is 2.52 bits per heavy atom. The Hall–Kier alpha value is -2.11. The molecule has 0 aromatic carbocycles. The number of rotatable bonds is 4. The van der Waals surface area contributed by atoms with E-state index in [0.717, 1.165) is 41.0 Å². The lowest BCUT2D eigenvalue weighted by molar-refractivity contribution is -0.135. The first-order valence-electron chi connectivity index (χ1n) is 10.8. The lowest BCUT2D eigenvalue weighted by Crippen LogP contribution is -2.31. The largest absolute Gasteiger partial charge is 0.456 e. The van der Waals surface area contributed by atoms with Gasteiger partial charge in [0, 0.05) is 22.8 Å². The summed E-state index contributed by atoms with van der Waals surface area (Å²) in [7, 11) is 0. The first-order chi connectivity index (χ1) is 15.4. The highest BCUT2D eigenvalue weighted by atomic mass is 32.1. The maximum absolute atomic E-state index is 13.6. The summed E-state index contributed by atoms with van der Waals surface area (Å²) in [6.07, 6.45) is -1.51. The molecule has 0 radical (unpaired) electrons. The van der Waals surface area contributed by atoms with Crippen LogP contribution < -0.4 is 16.0 Å². The smallest absolute Gasteiger partial charge is 0.425 e. The number of ether oxygens (including phenoxy) is 1. The van der Waals surface area contributed by atoms with Gasteiger partial charge in [0.25, 0.3) is 0 Å². The molecule has 3 heterocycles. The van der Waals surface area contributed by atoms with Crippen molar-refractivity contribution < 1.29 is 27.5 Å². The van der Waals surface area contributed by atoms with Crippen LogP contribution in [0.5, 0.6) is 0 Å². The van der Waals surface area contributed by atoms with Gasteiger partial charge in [-0.25, -0.2) is 9.59 Å². The lowest BCUT2D eigenvalue weighted by atomic mass is 10.0. The summed E-state index contributed by atoms with van der Waals surface area (Å²) >= 11 is 2.06. The van der Waals surface area contributed by atoms with Gasteiger partial charge >= 0.3 is 18.2 Å². The predicted octanol–water partition coefficient (Wildman–Crippen LogP) is 5.24. The molecule has 33 heavy (non-hydrogen) atoms. The Morgan fingerprint density at radius 2 is 1.82 bits per heavy atom. The number of aryl methyl sites for hydroxylation is 1. The molecule has 0 spiro atoms. The number of fused-ring (bicyclic) bond motifs is 2.